The van der Waals surface area contributed by atoms with Crippen molar-refractivity contribution >= 4 is 6.03 Å². The number of hydrogen-bond donors (Lipinski definition) is 2. The molecule has 1 atom stereocenters. The molecule has 2 amide bonds. The SMILES string of the molecule is COCCNC(=O)NCC1CCCc2ccccc21. The molecule has 0 saturated heterocycles. The van der Waals surface area contributed by atoms with Gasteiger partial charge in [0.05, 0.1) is 6.61 Å². The predicted octanol–water partition coefficient (Wildman–Crippen LogP) is 2.05. The van der Waals surface area contributed by atoms with Gasteiger partial charge in [0.15, 0.2) is 0 Å². The summed E-state index contributed by atoms with van der Waals surface area (Å²) in [6.07, 6.45) is 3.51. The predicted molar refractivity (Wildman–Crippen MR) is 75.4 cm³/mol. The second-order valence-corrected chi connectivity index (χ2v) is 4.92. The molecule has 4 nitrogen and oxygen atoms in total. The highest BCUT2D eigenvalue weighted by Crippen LogP contribution is 2.30. The van der Waals surface area contributed by atoms with Crippen LogP contribution in [0.25, 0.3) is 0 Å². The van der Waals surface area contributed by atoms with E-state index in [0.29, 0.717) is 25.6 Å². The van der Waals surface area contributed by atoms with Gasteiger partial charge in [0.25, 0.3) is 0 Å². The van der Waals surface area contributed by atoms with Crippen LogP contribution in [0.1, 0.15) is 29.9 Å². The summed E-state index contributed by atoms with van der Waals surface area (Å²) in [6.45, 7) is 1.79. The fraction of sp³-hybridized carbons (Fsp3) is 0.533. The molecule has 0 aromatic heterocycles. The molecule has 0 heterocycles. The Morgan fingerprint density at radius 1 is 1.37 bits per heavy atom. The molecule has 0 radical (unpaired) electrons. The first-order valence-electron chi connectivity index (χ1n) is 6.89. The van der Waals surface area contributed by atoms with Gasteiger partial charge >= 0.3 is 6.03 Å². The van der Waals surface area contributed by atoms with Gasteiger partial charge in [0.1, 0.15) is 0 Å². The van der Waals surface area contributed by atoms with Gasteiger partial charge in [-0.1, -0.05) is 24.3 Å². The van der Waals surface area contributed by atoms with Crippen molar-refractivity contribution in [2.75, 3.05) is 26.8 Å². The molecule has 0 bridgehead atoms. The standard InChI is InChI=1S/C15H22N2O2/c1-19-10-9-16-15(18)17-11-13-7-4-6-12-5-2-3-8-14(12)13/h2-3,5,8,13H,4,6-7,9-11H2,1H3,(H2,16,17,18). The van der Waals surface area contributed by atoms with Crippen molar-refractivity contribution in [1.29, 1.82) is 0 Å². The van der Waals surface area contributed by atoms with Crippen LogP contribution in [0.4, 0.5) is 4.79 Å². The summed E-state index contributed by atoms with van der Waals surface area (Å²) in [6, 6.07) is 8.44. The summed E-state index contributed by atoms with van der Waals surface area (Å²) in [5.74, 6) is 0.443. The van der Waals surface area contributed by atoms with Crippen LogP contribution in [0.2, 0.25) is 0 Å². The maximum Gasteiger partial charge on any atom is 0.314 e. The van der Waals surface area contributed by atoms with Crippen molar-refractivity contribution in [3.8, 4) is 0 Å². The number of urea groups is 1. The molecule has 2 N–H and O–H groups in total. The van der Waals surface area contributed by atoms with Crippen LogP contribution in [-0.2, 0) is 11.2 Å². The maximum absolute atomic E-state index is 11.6. The fourth-order valence-electron chi connectivity index (χ4n) is 2.61. The number of methoxy groups -OCH3 is 1. The number of nitrogens with one attached hydrogen (secondary N) is 2. The summed E-state index contributed by atoms with van der Waals surface area (Å²) < 4.78 is 4.89. The Bertz CT molecular complexity index is 420. The van der Waals surface area contributed by atoms with E-state index in [9.17, 15) is 4.79 Å². The fourth-order valence-corrected chi connectivity index (χ4v) is 2.61. The summed E-state index contributed by atoms with van der Waals surface area (Å²) >= 11 is 0. The Hall–Kier alpha value is -1.55. The quantitative estimate of drug-likeness (QED) is 0.798. The summed E-state index contributed by atoms with van der Waals surface area (Å²) in [4.78, 5) is 11.6. The van der Waals surface area contributed by atoms with Gasteiger partial charge in [-0.15, -0.1) is 0 Å². The van der Waals surface area contributed by atoms with E-state index in [-0.39, 0.29) is 6.03 Å². The Morgan fingerprint density at radius 3 is 3.05 bits per heavy atom. The highest BCUT2D eigenvalue weighted by molar-refractivity contribution is 5.73. The van der Waals surface area contributed by atoms with E-state index in [4.69, 9.17) is 4.74 Å². The number of benzene rings is 1. The van der Waals surface area contributed by atoms with Crippen LogP contribution in [0.5, 0.6) is 0 Å². The average Bonchev–Trinajstić information content (AvgIpc) is 2.45. The maximum atomic E-state index is 11.6. The zero-order valence-corrected chi connectivity index (χ0v) is 11.4. The van der Waals surface area contributed by atoms with Gasteiger partial charge in [0.2, 0.25) is 0 Å². The number of carbonyl (C=O) groups excluding carboxylic acids is 1. The zero-order valence-electron chi connectivity index (χ0n) is 11.4. The van der Waals surface area contributed by atoms with Crippen molar-refractivity contribution < 1.29 is 9.53 Å². The van der Waals surface area contributed by atoms with Crippen LogP contribution < -0.4 is 10.6 Å². The van der Waals surface area contributed by atoms with E-state index >= 15 is 0 Å². The third-order valence-corrected chi connectivity index (χ3v) is 3.59. The number of rotatable bonds is 5. The largest absolute Gasteiger partial charge is 0.383 e. The van der Waals surface area contributed by atoms with Crippen molar-refractivity contribution in [3.05, 3.63) is 35.4 Å². The van der Waals surface area contributed by atoms with E-state index in [1.165, 1.54) is 17.5 Å². The van der Waals surface area contributed by atoms with Gasteiger partial charge in [-0.2, -0.15) is 0 Å². The molecule has 4 heteroatoms. The number of fused-ring (bicyclic) bond motifs is 1. The Labute approximate surface area is 114 Å². The molecular weight excluding hydrogens is 240 g/mol. The molecular formula is C15H22N2O2. The summed E-state index contributed by atoms with van der Waals surface area (Å²) in [5, 5.41) is 5.72. The lowest BCUT2D eigenvalue weighted by molar-refractivity contribution is 0.195. The van der Waals surface area contributed by atoms with Crippen LogP contribution in [0.3, 0.4) is 0 Å². The minimum Gasteiger partial charge on any atom is -0.383 e. The number of aryl methyl sites for hydroxylation is 1. The Kier molecular flexibility index (Phi) is 5.21. The minimum absolute atomic E-state index is 0.111. The molecule has 0 saturated carbocycles. The molecule has 1 unspecified atom stereocenters. The number of ether oxygens (including phenoxy) is 1. The van der Waals surface area contributed by atoms with E-state index < -0.39 is 0 Å². The van der Waals surface area contributed by atoms with Gasteiger partial charge < -0.3 is 15.4 Å². The second-order valence-electron chi connectivity index (χ2n) is 4.92. The molecule has 1 aromatic rings. The van der Waals surface area contributed by atoms with E-state index in [1.807, 2.05) is 0 Å². The van der Waals surface area contributed by atoms with Crippen LogP contribution in [0, 0.1) is 0 Å². The topological polar surface area (TPSA) is 50.4 Å². The van der Waals surface area contributed by atoms with Crippen LogP contribution in [-0.4, -0.2) is 32.8 Å². The molecule has 0 spiro atoms. The van der Waals surface area contributed by atoms with Crippen molar-refractivity contribution in [2.24, 2.45) is 0 Å². The number of carbonyl (C=O) groups is 1. The highest BCUT2D eigenvalue weighted by atomic mass is 16.5. The first-order valence-corrected chi connectivity index (χ1v) is 6.89. The van der Waals surface area contributed by atoms with Crippen molar-refractivity contribution in [3.63, 3.8) is 0 Å². The van der Waals surface area contributed by atoms with Gasteiger partial charge in [-0.25, -0.2) is 4.79 Å². The van der Waals surface area contributed by atoms with Crippen molar-refractivity contribution in [2.45, 2.75) is 25.2 Å². The molecule has 1 aliphatic rings. The van der Waals surface area contributed by atoms with Gasteiger partial charge in [0, 0.05) is 26.1 Å². The van der Waals surface area contributed by atoms with Crippen molar-refractivity contribution in [1.82, 2.24) is 10.6 Å². The van der Waals surface area contributed by atoms with Gasteiger partial charge in [-0.3, -0.25) is 0 Å². The number of amides is 2. The van der Waals surface area contributed by atoms with E-state index in [2.05, 4.69) is 34.9 Å². The molecule has 104 valence electrons. The molecule has 2 rings (SSSR count). The lowest BCUT2D eigenvalue weighted by Gasteiger charge is -2.25. The molecule has 0 fully saturated rings. The molecule has 1 aromatic carbocycles. The smallest absolute Gasteiger partial charge is 0.314 e. The normalized spacial score (nSPS) is 17.6. The minimum atomic E-state index is -0.111. The Balaban J connectivity index is 1.82. The van der Waals surface area contributed by atoms with Crippen LogP contribution in [0.15, 0.2) is 24.3 Å². The molecule has 0 aliphatic heterocycles. The second kappa shape index (κ2) is 7.14. The molecule has 19 heavy (non-hydrogen) atoms. The summed E-state index contributed by atoms with van der Waals surface area (Å²) in [7, 11) is 1.62. The first-order chi connectivity index (χ1) is 9.31. The van der Waals surface area contributed by atoms with Gasteiger partial charge in [-0.05, 0) is 30.4 Å². The first kappa shape index (κ1) is 13.9. The average molecular weight is 262 g/mol. The highest BCUT2D eigenvalue weighted by Gasteiger charge is 2.19. The number of hydrogen-bond acceptors (Lipinski definition) is 2. The lowest BCUT2D eigenvalue weighted by Crippen LogP contribution is -2.39. The van der Waals surface area contributed by atoms with Crippen LogP contribution >= 0.6 is 0 Å². The third-order valence-electron chi connectivity index (χ3n) is 3.59. The van der Waals surface area contributed by atoms with E-state index in [0.717, 1.165) is 12.8 Å². The monoisotopic (exact) mass is 262 g/mol. The Morgan fingerprint density at radius 2 is 2.21 bits per heavy atom. The molecule has 1 aliphatic carbocycles. The lowest BCUT2D eigenvalue weighted by atomic mass is 9.83. The summed E-state index contributed by atoms with van der Waals surface area (Å²) in [5.41, 5.74) is 2.83. The third kappa shape index (κ3) is 3.96. The zero-order chi connectivity index (χ0) is 13.5. The van der Waals surface area contributed by atoms with E-state index in [1.54, 1.807) is 7.11 Å².